The molecule has 2 rings (SSSR count). The zero-order valence-corrected chi connectivity index (χ0v) is 10.3. The number of hydrogen-bond acceptors (Lipinski definition) is 3. The van der Waals surface area contributed by atoms with Crippen LogP contribution in [-0.2, 0) is 4.74 Å². The van der Waals surface area contributed by atoms with Crippen LogP contribution >= 0.6 is 0 Å². The summed E-state index contributed by atoms with van der Waals surface area (Å²) in [6, 6.07) is 10.3. The number of ether oxygens (including phenoxy) is 1. The molecule has 0 bridgehead atoms. The smallest absolute Gasteiger partial charge is 0.0599 e. The first-order chi connectivity index (χ1) is 8.45. The van der Waals surface area contributed by atoms with E-state index in [0.29, 0.717) is 6.10 Å². The Balaban J connectivity index is 1.51. The third-order valence-corrected chi connectivity index (χ3v) is 3.06. The Bertz CT molecular complexity index is 296. The van der Waals surface area contributed by atoms with E-state index < -0.39 is 0 Å². The van der Waals surface area contributed by atoms with Gasteiger partial charge in [0.2, 0.25) is 0 Å². The molecule has 0 amide bonds. The van der Waals surface area contributed by atoms with E-state index in [1.54, 1.807) is 0 Å². The van der Waals surface area contributed by atoms with Gasteiger partial charge >= 0.3 is 0 Å². The molecule has 2 N–H and O–H groups in total. The van der Waals surface area contributed by atoms with Crippen LogP contribution in [0, 0.1) is 0 Å². The Hall–Kier alpha value is -1.06. The van der Waals surface area contributed by atoms with E-state index in [2.05, 4.69) is 22.8 Å². The minimum absolute atomic E-state index is 0.480. The van der Waals surface area contributed by atoms with Crippen LogP contribution in [-0.4, -0.2) is 32.3 Å². The summed E-state index contributed by atoms with van der Waals surface area (Å²) >= 11 is 0. The molecule has 1 fully saturated rings. The Morgan fingerprint density at radius 3 is 2.71 bits per heavy atom. The number of rotatable bonds is 6. The van der Waals surface area contributed by atoms with Crippen LogP contribution in [0.25, 0.3) is 0 Å². The highest BCUT2D eigenvalue weighted by Gasteiger charge is 2.12. The average molecular weight is 234 g/mol. The van der Waals surface area contributed by atoms with E-state index in [9.17, 15) is 0 Å². The number of anilines is 1. The molecule has 1 aromatic carbocycles. The van der Waals surface area contributed by atoms with E-state index in [4.69, 9.17) is 4.74 Å². The number of para-hydroxylation sites is 1. The molecule has 0 aromatic heterocycles. The molecule has 0 saturated carbocycles. The van der Waals surface area contributed by atoms with E-state index in [1.165, 1.54) is 5.69 Å². The van der Waals surface area contributed by atoms with Gasteiger partial charge in [-0.1, -0.05) is 18.2 Å². The minimum Gasteiger partial charge on any atom is -0.385 e. The van der Waals surface area contributed by atoms with Crippen molar-refractivity contribution in [2.24, 2.45) is 0 Å². The van der Waals surface area contributed by atoms with Crippen LogP contribution in [0.5, 0.6) is 0 Å². The fraction of sp³-hybridized carbons (Fsp3) is 0.571. The summed E-state index contributed by atoms with van der Waals surface area (Å²) < 4.78 is 5.84. The standard InChI is InChI=1S/C14H22N2O/c1-2-5-13(6-3-1)16-9-4-12-17-14-7-10-15-11-8-14/h1-3,5-6,14-16H,4,7-12H2. The van der Waals surface area contributed by atoms with Crippen LogP contribution in [0.4, 0.5) is 5.69 Å². The lowest BCUT2D eigenvalue weighted by Gasteiger charge is -2.22. The molecule has 0 spiro atoms. The lowest BCUT2D eigenvalue weighted by molar-refractivity contribution is 0.0329. The number of nitrogens with one attached hydrogen (secondary N) is 2. The van der Waals surface area contributed by atoms with Crippen LogP contribution < -0.4 is 10.6 Å². The normalized spacial score (nSPS) is 16.9. The van der Waals surface area contributed by atoms with Crippen molar-refractivity contribution in [3.05, 3.63) is 30.3 Å². The Morgan fingerprint density at radius 2 is 1.94 bits per heavy atom. The molecule has 0 atom stereocenters. The van der Waals surface area contributed by atoms with Gasteiger partial charge in [0.15, 0.2) is 0 Å². The predicted octanol–water partition coefficient (Wildman–Crippen LogP) is 2.26. The highest BCUT2D eigenvalue weighted by molar-refractivity contribution is 5.42. The number of piperidine rings is 1. The van der Waals surface area contributed by atoms with Crippen LogP contribution in [0.15, 0.2) is 30.3 Å². The summed E-state index contributed by atoms with van der Waals surface area (Å²) in [6.07, 6.45) is 3.87. The fourth-order valence-corrected chi connectivity index (χ4v) is 2.07. The van der Waals surface area contributed by atoms with Gasteiger partial charge in [-0.2, -0.15) is 0 Å². The van der Waals surface area contributed by atoms with Crippen molar-refractivity contribution in [1.82, 2.24) is 5.32 Å². The van der Waals surface area contributed by atoms with Crippen molar-refractivity contribution in [3.8, 4) is 0 Å². The molecule has 0 radical (unpaired) electrons. The second-order valence-corrected chi connectivity index (χ2v) is 4.47. The predicted molar refractivity (Wildman–Crippen MR) is 71.4 cm³/mol. The summed E-state index contributed by atoms with van der Waals surface area (Å²) in [7, 11) is 0. The SMILES string of the molecule is c1ccc(NCCCOC2CCNCC2)cc1. The molecular weight excluding hydrogens is 212 g/mol. The lowest BCUT2D eigenvalue weighted by atomic mass is 10.1. The third kappa shape index (κ3) is 4.75. The van der Waals surface area contributed by atoms with Crippen molar-refractivity contribution in [2.45, 2.75) is 25.4 Å². The van der Waals surface area contributed by atoms with Gasteiger partial charge in [0.05, 0.1) is 6.10 Å². The Morgan fingerprint density at radius 1 is 1.18 bits per heavy atom. The minimum atomic E-state index is 0.480. The fourth-order valence-electron chi connectivity index (χ4n) is 2.07. The van der Waals surface area contributed by atoms with Gasteiger partial charge < -0.3 is 15.4 Å². The van der Waals surface area contributed by atoms with Gasteiger partial charge in [0.25, 0.3) is 0 Å². The average Bonchev–Trinajstić information content (AvgIpc) is 2.41. The van der Waals surface area contributed by atoms with Gasteiger partial charge in [0, 0.05) is 18.8 Å². The Labute approximate surface area is 104 Å². The monoisotopic (exact) mass is 234 g/mol. The van der Waals surface area contributed by atoms with Gasteiger partial charge in [0.1, 0.15) is 0 Å². The second kappa shape index (κ2) is 7.30. The lowest BCUT2D eigenvalue weighted by Crippen LogP contribution is -2.32. The molecule has 1 aromatic rings. The summed E-state index contributed by atoms with van der Waals surface area (Å²) in [5, 5.41) is 6.74. The van der Waals surface area contributed by atoms with Crippen molar-refractivity contribution in [3.63, 3.8) is 0 Å². The van der Waals surface area contributed by atoms with Gasteiger partial charge in [-0.25, -0.2) is 0 Å². The molecule has 1 aliphatic heterocycles. The summed E-state index contributed by atoms with van der Waals surface area (Å²) in [5.41, 5.74) is 1.19. The van der Waals surface area contributed by atoms with E-state index in [-0.39, 0.29) is 0 Å². The quantitative estimate of drug-likeness (QED) is 0.741. The topological polar surface area (TPSA) is 33.3 Å². The molecule has 1 heterocycles. The molecule has 0 aliphatic carbocycles. The number of benzene rings is 1. The van der Waals surface area contributed by atoms with Gasteiger partial charge in [-0.05, 0) is 44.5 Å². The first-order valence-electron chi connectivity index (χ1n) is 6.56. The second-order valence-electron chi connectivity index (χ2n) is 4.47. The third-order valence-electron chi connectivity index (χ3n) is 3.06. The molecule has 3 nitrogen and oxygen atoms in total. The molecule has 0 unspecified atom stereocenters. The summed E-state index contributed by atoms with van der Waals surface area (Å²) in [5.74, 6) is 0. The maximum Gasteiger partial charge on any atom is 0.0599 e. The van der Waals surface area contributed by atoms with E-state index in [0.717, 1.165) is 45.5 Å². The zero-order chi connectivity index (χ0) is 11.8. The summed E-state index contributed by atoms with van der Waals surface area (Å²) in [6.45, 7) is 4.05. The largest absolute Gasteiger partial charge is 0.385 e. The zero-order valence-electron chi connectivity index (χ0n) is 10.3. The van der Waals surface area contributed by atoms with Crippen LogP contribution in [0.3, 0.4) is 0 Å². The first-order valence-corrected chi connectivity index (χ1v) is 6.56. The van der Waals surface area contributed by atoms with Crippen molar-refractivity contribution >= 4 is 5.69 Å². The molecular formula is C14H22N2O. The number of hydrogen-bond donors (Lipinski definition) is 2. The highest BCUT2D eigenvalue weighted by Crippen LogP contribution is 2.08. The Kier molecular flexibility index (Phi) is 5.33. The summed E-state index contributed by atoms with van der Waals surface area (Å²) in [4.78, 5) is 0. The van der Waals surface area contributed by atoms with Gasteiger partial charge in [-0.15, -0.1) is 0 Å². The maximum atomic E-state index is 5.84. The highest BCUT2D eigenvalue weighted by atomic mass is 16.5. The molecule has 3 heteroatoms. The van der Waals surface area contributed by atoms with E-state index in [1.807, 2.05) is 18.2 Å². The van der Waals surface area contributed by atoms with E-state index >= 15 is 0 Å². The van der Waals surface area contributed by atoms with Crippen molar-refractivity contribution in [1.29, 1.82) is 0 Å². The molecule has 17 heavy (non-hydrogen) atoms. The molecule has 1 saturated heterocycles. The van der Waals surface area contributed by atoms with Crippen molar-refractivity contribution < 1.29 is 4.74 Å². The molecule has 94 valence electrons. The van der Waals surface area contributed by atoms with Crippen LogP contribution in [0.1, 0.15) is 19.3 Å². The first kappa shape index (κ1) is 12.4. The maximum absolute atomic E-state index is 5.84. The van der Waals surface area contributed by atoms with Crippen LogP contribution in [0.2, 0.25) is 0 Å². The van der Waals surface area contributed by atoms with Gasteiger partial charge in [-0.3, -0.25) is 0 Å². The molecule has 1 aliphatic rings. The van der Waals surface area contributed by atoms with Crippen molar-refractivity contribution in [2.75, 3.05) is 31.6 Å².